The molecule has 2 unspecified atom stereocenters. The number of rotatable bonds is 5. The third kappa shape index (κ3) is 5.22. The molecule has 5 aromatic rings. The van der Waals surface area contributed by atoms with E-state index >= 15 is 0 Å². The number of para-hydroxylation sites is 1. The van der Waals surface area contributed by atoms with Gasteiger partial charge in [0, 0.05) is 5.69 Å². The van der Waals surface area contributed by atoms with Gasteiger partial charge in [-0.15, -0.1) is 0 Å². The SMILES string of the molecule is CC1C=Cc2c(nc(C3=CC=C(C4=Cc5c(c(-c6ccccc6)c6c(c5-c5ccccc5)=CCCC=6)CC4)C(C)C3)n2-c2ccccc2)C1. The van der Waals surface area contributed by atoms with Crippen LogP contribution in [0, 0.1) is 11.8 Å². The molecule has 0 spiro atoms. The molecular weight excluding hydrogens is 593 g/mol. The lowest BCUT2D eigenvalue weighted by atomic mass is 9.75. The van der Waals surface area contributed by atoms with Gasteiger partial charge in [-0.1, -0.05) is 129 Å². The zero-order valence-electron chi connectivity index (χ0n) is 28.5. The smallest absolute Gasteiger partial charge is 0.141 e. The first-order valence-corrected chi connectivity index (χ1v) is 18.1. The van der Waals surface area contributed by atoms with Crippen molar-refractivity contribution in [2.24, 2.45) is 11.8 Å². The third-order valence-electron chi connectivity index (χ3n) is 11.0. The van der Waals surface area contributed by atoms with Gasteiger partial charge in [-0.3, -0.25) is 4.57 Å². The fraction of sp³-hybridized carbons (Fsp3) is 0.213. The second-order valence-corrected chi connectivity index (χ2v) is 14.3. The molecule has 0 saturated carbocycles. The summed E-state index contributed by atoms with van der Waals surface area (Å²) in [7, 11) is 0. The van der Waals surface area contributed by atoms with Crippen molar-refractivity contribution < 1.29 is 0 Å². The van der Waals surface area contributed by atoms with Gasteiger partial charge < -0.3 is 0 Å². The Bertz CT molecular complexity index is 2330. The summed E-state index contributed by atoms with van der Waals surface area (Å²) in [5.41, 5.74) is 16.3. The fourth-order valence-corrected chi connectivity index (χ4v) is 8.68. The van der Waals surface area contributed by atoms with Crippen LogP contribution in [0.3, 0.4) is 0 Å². The molecule has 4 aliphatic rings. The van der Waals surface area contributed by atoms with Crippen LogP contribution in [0.1, 0.15) is 67.9 Å². The van der Waals surface area contributed by atoms with E-state index < -0.39 is 0 Å². The van der Waals surface area contributed by atoms with Crippen molar-refractivity contribution in [1.29, 1.82) is 0 Å². The van der Waals surface area contributed by atoms with Crippen LogP contribution >= 0.6 is 0 Å². The molecule has 0 saturated heterocycles. The van der Waals surface area contributed by atoms with Crippen LogP contribution in [-0.4, -0.2) is 9.55 Å². The number of aromatic nitrogens is 2. The van der Waals surface area contributed by atoms with Gasteiger partial charge in [0.15, 0.2) is 0 Å². The Balaban J connectivity index is 1.20. The minimum Gasteiger partial charge on any atom is -0.293 e. The Kier molecular flexibility index (Phi) is 7.53. The molecular formula is C47H42N2. The van der Waals surface area contributed by atoms with Crippen LogP contribution < -0.4 is 10.4 Å². The van der Waals surface area contributed by atoms with Gasteiger partial charge in [0.1, 0.15) is 5.82 Å². The van der Waals surface area contributed by atoms with E-state index in [4.69, 9.17) is 4.98 Å². The average Bonchev–Trinajstić information content (AvgIpc) is 3.53. The monoisotopic (exact) mass is 634 g/mol. The number of hydrogen-bond acceptors (Lipinski definition) is 1. The molecule has 0 radical (unpaired) electrons. The number of imidazole rings is 1. The summed E-state index contributed by atoms with van der Waals surface area (Å²) in [5.74, 6) is 2.00. The quantitative estimate of drug-likeness (QED) is 0.188. The van der Waals surface area contributed by atoms with Crippen molar-refractivity contribution >= 4 is 29.9 Å². The molecule has 0 N–H and O–H groups in total. The van der Waals surface area contributed by atoms with Gasteiger partial charge >= 0.3 is 0 Å². The lowest BCUT2D eigenvalue weighted by molar-refractivity contribution is 0.687. The van der Waals surface area contributed by atoms with E-state index in [1.165, 1.54) is 77.6 Å². The van der Waals surface area contributed by atoms with Gasteiger partial charge in [0.25, 0.3) is 0 Å². The minimum atomic E-state index is 0.395. The summed E-state index contributed by atoms with van der Waals surface area (Å²) in [4.78, 5) is 5.32. The second kappa shape index (κ2) is 12.3. The molecule has 2 heteroatoms. The van der Waals surface area contributed by atoms with E-state index in [1.807, 2.05) is 0 Å². The summed E-state index contributed by atoms with van der Waals surface area (Å²) >= 11 is 0. The summed E-state index contributed by atoms with van der Waals surface area (Å²) < 4.78 is 2.39. The summed E-state index contributed by atoms with van der Waals surface area (Å²) in [6.45, 7) is 4.70. The molecule has 49 heavy (non-hydrogen) atoms. The lowest BCUT2D eigenvalue weighted by Crippen LogP contribution is -2.34. The van der Waals surface area contributed by atoms with E-state index in [-0.39, 0.29) is 0 Å². The molecule has 0 amide bonds. The normalized spacial score (nSPS) is 19.3. The largest absolute Gasteiger partial charge is 0.293 e. The Morgan fingerprint density at radius 2 is 1.33 bits per heavy atom. The van der Waals surface area contributed by atoms with Gasteiger partial charge in [-0.2, -0.15) is 0 Å². The Morgan fingerprint density at radius 1 is 0.673 bits per heavy atom. The van der Waals surface area contributed by atoms with E-state index in [9.17, 15) is 0 Å². The molecule has 9 rings (SSSR count). The fourth-order valence-electron chi connectivity index (χ4n) is 8.68. The molecule has 4 aromatic carbocycles. The first-order chi connectivity index (χ1) is 24.1. The minimum absolute atomic E-state index is 0.395. The molecule has 2 atom stereocenters. The van der Waals surface area contributed by atoms with Gasteiger partial charge in [-0.05, 0) is 129 Å². The highest BCUT2D eigenvalue weighted by Gasteiger charge is 2.29. The summed E-state index contributed by atoms with van der Waals surface area (Å²) in [6.07, 6.45) is 23.2. The lowest BCUT2D eigenvalue weighted by Gasteiger charge is -2.29. The second-order valence-electron chi connectivity index (χ2n) is 14.3. The Labute approximate surface area is 289 Å². The van der Waals surface area contributed by atoms with Crippen molar-refractivity contribution in [2.75, 3.05) is 0 Å². The molecule has 0 fully saturated rings. The van der Waals surface area contributed by atoms with Crippen molar-refractivity contribution in [1.82, 2.24) is 9.55 Å². The standard InChI is InChI=1S/C47H42N2/c1-31-22-27-44-43(28-31)48-47(49(44)37-18-10-5-11-19-37)36-24-25-38(32(2)29-36)35-23-26-41-42(30-35)46(34-16-8-4-9-17-34)40-21-13-12-20-39(40)45(41)33-14-6-3-7-15-33/h3-11,14-22,24-25,27,30-32H,12-13,23,26,28-29H2,1-2H3. The van der Waals surface area contributed by atoms with E-state index in [0.717, 1.165) is 44.3 Å². The molecule has 2 nitrogen and oxygen atoms in total. The van der Waals surface area contributed by atoms with E-state index in [2.05, 4.69) is 152 Å². The Hall–Kier alpha value is -5.21. The molecule has 1 aromatic heterocycles. The molecule has 0 aliphatic heterocycles. The molecule has 0 bridgehead atoms. The molecule has 1 heterocycles. The van der Waals surface area contributed by atoms with Gasteiger partial charge in [0.2, 0.25) is 0 Å². The zero-order valence-corrected chi connectivity index (χ0v) is 28.5. The number of fused-ring (bicyclic) bond motifs is 3. The van der Waals surface area contributed by atoms with Crippen LogP contribution in [-0.2, 0) is 12.8 Å². The predicted octanol–water partition coefficient (Wildman–Crippen LogP) is 10.1. The maximum absolute atomic E-state index is 5.32. The molecule has 4 aliphatic carbocycles. The maximum Gasteiger partial charge on any atom is 0.141 e. The zero-order chi connectivity index (χ0) is 32.9. The topological polar surface area (TPSA) is 17.8 Å². The maximum atomic E-state index is 5.32. The van der Waals surface area contributed by atoms with Gasteiger partial charge in [0.05, 0.1) is 11.4 Å². The summed E-state index contributed by atoms with van der Waals surface area (Å²) in [5, 5.41) is 2.83. The van der Waals surface area contributed by atoms with Crippen LogP contribution in [0.15, 0.2) is 120 Å². The van der Waals surface area contributed by atoms with Crippen LogP contribution in [0.25, 0.3) is 57.8 Å². The van der Waals surface area contributed by atoms with Crippen molar-refractivity contribution in [3.8, 4) is 27.9 Å². The number of hydrogen-bond donors (Lipinski definition) is 0. The van der Waals surface area contributed by atoms with Crippen LogP contribution in [0.4, 0.5) is 0 Å². The number of allylic oxidation sites excluding steroid dienone is 6. The first-order valence-electron chi connectivity index (χ1n) is 18.1. The predicted molar refractivity (Wildman–Crippen MR) is 206 cm³/mol. The van der Waals surface area contributed by atoms with Crippen LogP contribution in [0.5, 0.6) is 0 Å². The summed E-state index contributed by atoms with van der Waals surface area (Å²) in [6, 6.07) is 33.0. The van der Waals surface area contributed by atoms with E-state index in [0.29, 0.717) is 11.8 Å². The van der Waals surface area contributed by atoms with Gasteiger partial charge in [-0.25, -0.2) is 4.98 Å². The highest BCUT2D eigenvalue weighted by molar-refractivity contribution is 5.88. The van der Waals surface area contributed by atoms with Crippen molar-refractivity contribution in [3.05, 3.63) is 159 Å². The number of benzene rings is 4. The van der Waals surface area contributed by atoms with Crippen LogP contribution in [0.2, 0.25) is 0 Å². The highest BCUT2D eigenvalue weighted by Crippen LogP contribution is 2.42. The van der Waals surface area contributed by atoms with E-state index in [1.54, 1.807) is 0 Å². The third-order valence-corrected chi connectivity index (χ3v) is 11.0. The average molecular weight is 635 g/mol. The van der Waals surface area contributed by atoms with Crippen molar-refractivity contribution in [3.63, 3.8) is 0 Å². The first kappa shape index (κ1) is 29.9. The Morgan fingerprint density at radius 3 is 2.02 bits per heavy atom. The number of nitrogens with zero attached hydrogens (tertiary/aromatic N) is 2. The molecule has 240 valence electrons. The highest BCUT2D eigenvalue weighted by atomic mass is 15.1. The van der Waals surface area contributed by atoms with Crippen molar-refractivity contribution in [2.45, 2.75) is 52.4 Å².